The molecule has 218 valence electrons. The summed E-state index contributed by atoms with van der Waals surface area (Å²) in [5.41, 5.74) is 11.3. The first kappa shape index (κ1) is 32.6. The van der Waals surface area contributed by atoms with Crippen molar-refractivity contribution in [3.63, 3.8) is 0 Å². The zero-order chi connectivity index (χ0) is 28.5. The molecule has 0 bridgehead atoms. The third-order valence-electron chi connectivity index (χ3n) is 9.91. The Kier molecular flexibility index (Phi) is 8.79. The molecular weight excluding hydrogens is 631 g/mol. The number of allylic oxidation sites excluding steroid dienone is 4. The van der Waals surface area contributed by atoms with Crippen LogP contribution in [-0.4, -0.2) is 4.21 Å². The number of hydrogen-bond donors (Lipinski definition) is 0. The van der Waals surface area contributed by atoms with E-state index in [4.69, 9.17) is 4.21 Å². The Morgan fingerprint density at radius 3 is 1.74 bits per heavy atom. The molecule has 0 fully saturated rings. The first-order valence-electron chi connectivity index (χ1n) is 14.8. The summed E-state index contributed by atoms with van der Waals surface area (Å²) >= 11 is -4.80. The van der Waals surface area contributed by atoms with Crippen LogP contribution in [0.25, 0.3) is 11.1 Å². The fraction of sp³-hybridized carbons (Fsp3) is 0.256. The van der Waals surface area contributed by atoms with E-state index in [-0.39, 0.29) is 30.2 Å². The number of hydrogen-bond acceptors (Lipinski definition) is 0. The second-order valence-corrected chi connectivity index (χ2v) is 26.2. The maximum atomic E-state index is 5.73. The van der Waals surface area contributed by atoms with Gasteiger partial charge in [-0.1, -0.05) is 0 Å². The molecule has 0 saturated heterocycles. The van der Waals surface area contributed by atoms with Crippen molar-refractivity contribution in [2.75, 3.05) is 0 Å². The first-order chi connectivity index (χ1) is 18.9. The Hall–Kier alpha value is -2.31. The topological polar surface area (TPSA) is 0 Å². The van der Waals surface area contributed by atoms with Crippen molar-refractivity contribution in [3.05, 3.63) is 134 Å². The molecule has 42 heavy (non-hydrogen) atoms. The van der Waals surface area contributed by atoms with Crippen LogP contribution in [0.5, 0.6) is 0 Å². The zero-order valence-electron chi connectivity index (χ0n) is 26.0. The zero-order valence-corrected chi connectivity index (χ0v) is 30.1. The third-order valence-corrected chi connectivity index (χ3v) is 26.8. The number of fused-ring (bicyclic) bond motifs is 3. The minimum absolute atomic E-state index is 0. The summed E-state index contributed by atoms with van der Waals surface area (Å²) in [5, 5.41) is 0. The number of benzene rings is 4. The van der Waals surface area contributed by atoms with Gasteiger partial charge in [0.25, 0.3) is 0 Å². The molecule has 1 atom stereocenters. The Morgan fingerprint density at radius 1 is 0.690 bits per heavy atom. The molecule has 0 heterocycles. The summed E-state index contributed by atoms with van der Waals surface area (Å²) in [6.07, 6.45) is 3.53. The second-order valence-electron chi connectivity index (χ2n) is 13.5. The van der Waals surface area contributed by atoms with E-state index < -0.39 is 18.3 Å². The molecule has 0 aromatic heterocycles. The molecular formula is C39H44Cl2Zr. The molecule has 4 aromatic rings. The number of aryl methyl sites for hydroxylation is 2. The van der Waals surface area contributed by atoms with Crippen molar-refractivity contribution in [3.8, 4) is 11.1 Å². The summed E-state index contributed by atoms with van der Waals surface area (Å²) < 4.78 is 11.7. The van der Waals surface area contributed by atoms with Gasteiger partial charge in [0.2, 0.25) is 0 Å². The van der Waals surface area contributed by atoms with Gasteiger partial charge < -0.3 is 0 Å². The molecule has 3 heteroatoms. The predicted molar refractivity (Wildman–Crippen MR) is 187 cm³/mol. The summed E-state index contributed by atoms with van der Waals surface area (Å²) in [5.74, 6) is 0.319. The third kappa shape index (κ3) is 4.63. The molecule has 0 radical (unpaired) electrons. The van der Waals surface area contributed by atoms with Gasteiger partial charge in [-0.05, 0) is 0 Å². The van der Waals surface area contributed by atoms with Gasteiger partial charge in [0.1, 0.15) is 0 Å². The van der Waals surface area contributed by atoms with E-state index >= 15 is 0 Å². The van der Waals surface area contributed by atoms with Crippen LogP contribution in [0.3, 0.4) is 0 Å². The average molecular weight is 675 g/mol. The Bertz CT molecular complexity index is 1730. The van der Waals surface area contributed by atoms with E-state index in [2.05, 4.69) is 146 Å². The van der Waals surface area contributed by atoms with Gasteiger partial charge in [-0.3, -0.25) is 0 Å². The van der Waals surface area contributed by atoms with Gasteiger partial charge >= 0.3 is 243 Å². The molecule has 0 aliphatic heterocycles. The van der Waals surface area contributed by atoms with Crippen molar-refractivity contribution < 1.29 is 18.3 Å². The van der Waals surface area contributed by atoms with E-state index in [0.29, 0.717) is 5.92 Å². The Balaban J connectivity index is 0.00000202. The van der Waals surface area contributed by atoms with Crippen molar-refractivity contribution in [2.24, 2.45) is 11.3 Å². The molecule has 4 aromatic carbocycles. The normalized spacial score (nSPS) is 16.3. The molecule has 2 aliphatic rings. The molecule has 0 N–H and O–H groups in total. The summed E-state index contributed by atoms with van der Waals surface area (Å²) in [6.45, 7) is 16.3. The standard InChI is InChI=1S/C13H9.C11H17.2C7H7.CH2.2ClH.Zr/c1-3-7-12-10(5-1)9-11-6-2-4-8-13(11)12;1-8-6-9(2)10(7-8)11(3,4)5;2*1-7-5-3-2-4-6-7;;;;/h1-5,7-8H,9H2;7-8H,1-5H3;2*3-6H,1H3;1H2;2*1H;. The molecule has 1 unspecified atom stereocenters. The van der Waals surface area contributed by atoms with Crippen molar-refractivity contribution in [1.29, 1.82) is 0 Å². The molecule has 0 saturated carbocycles. The summed E-state index contributed by atoms with van der Waals surface area (Å²) in [6, 6.07) is 35.1. The summed E-state index contributed by atoms with van der Waals surface area (Å²) in [4.78, 5) is 0. The van der Waals surface area contributed by atoms with E-state index in [1.165, 1.54) is 54.3 Å². The Labute approximate surface area is 266 Å². The van der Waals surface area contributed by atoms with Crippen molar-refractivity contribution in [1.82, 2.24) is 0 Å². The van der Waals surface area contributed by atoms with Gasteiger partial charge in [-0.2, -0.15) is 0 Å². The van der Waals surface area contributed by atoms with E-state index in [0.717, 1.165) is 6.42 Å². The van der Waals surface area contributed by atoms with Gasteiger partial charge in [0.05, 0.1) is 0 Å². The predicted octanol–water partition coefficient (Wildman–Crippen LogP) is 9.01. The SMILES string of the molecule is Cl.Cl.[CH2]=[Zr]([C]1=C(C)C(C(C)(C)C)=CC1C)([c]1ccc(C)cc1)([c]1ccc(C)cc1)[c]1cccc2c1Cc1ccccc1-2. The number of rotatable bonds is 4. The molecule has 0 spiro atoms. The minimum atomic E-state index is -4.80. The quantitative estimate of drug-likeness (QED) is 0.179. The molecule has 6 rings (SSSR count). The van der Waals surface area contributed by atoms with Gasteiger partial charge in [-0.25, -0.2) is 0 Å². The average Bonchev–Trinajstić information content (AvgIpc) is 3.46. The molecule has 0 nitrogen and oxygen atoms in total. The van der Waals surface area contributed by atoms with Gasteiger partial charge in [0.15, 0.2) is 0 Å². The maximum absolute atomic E-state index is 5.73. The van der Waals surface area contributed by atoms with Crippen LogP contribution < -0.4 is 9.81 Å². The monoisotopic (exact) mass is 672 g/mol. The van der Waals surface area contributed by atoms with E-state index in [1.807, 2.05) is 0 Å². The van der Waals surface area contributed by atoms with Crippen molar-refractivity contribution in [2.45, 2.75) is 54.9 Å². The van der Waals surface area contributed by atoms with Gasteiger partial charge in [0, 0.05) is 0 Å². The van der Waals surface area contributed by atoms with Crippen LogP contribution in [0.4, 0.5) is 0 Å². The van der Waals surface area contributed by atoms with Gasteiger partial charge in [-0.15, -0.1) is 24.8 Å². The summed E-state index contributed by atoms with van der Waals surface area (Å²) in [7, 11) is 0. The molecule has 0 amide bonds. The number of halogens is 2. The first-order valence-corrected chi connectivity index (χ1v) is 21.4. The van der Waals surface area contributed by atoms with Crippen LogP contribution in [0.15, 0.2) is 111 Å². The van der Waals surface area contributed by atoms with Crippen LogP contribution in [0, 0.1) is 25.2 Å². The fourth-order valence-corrected chi connectivity index (χ4v) is 25.5. The fourth-order valence-electron chi connectivity index (χ4n) is 8.12. The van der Waals surface area contributed by atoms with Crippen LogP contribution >= 0.6 is 24.8 Å². The van der Waals surface area contributed by atoms with Crippen molar-refractivity contribution >= 4 is 38.8 Å². The van der Waals surface area contributed by atoms with Crippen LogP contribution in [0.2, 0.25) is 0 Å². The van der Waals surface area contributed by atoms with Crippen LogP contribution in [0.1, 0.15) is 56.9 Å². The molecule has 2 aliphatic carbocycles. The Morgan fingerprint density at radius 2 is 1.21 bits per heavy atom. The second kappa shape index (κ2) is 11.3. The van der Waals surface area contributed by atoms with E-state index in [1.54, 1.807) is 3.28 Å². The van der Waals surface area contributed by atoms with Crippen LogP contribution in [-0.2, 0) is 24.7 Å². The van der Waals surface area contributed by atoms with E-state index in [9.17, 15) is 0 Å².